The number of carbonyl (C=O) groups is 1. The van der Waals surface area contributed by atoms with E-state index in [1.54, 1.807) is 4.68 Å². The van der Waals surface area contributed by atoms with Crippen molar-refractivity contribution in [3.63, 3.8) is 0 Å². The monoisotopic (exact) mass is 342 g/mol. The highest BCUT2D eigenvalue weighted by Gasteiger charge is 2.29. The third-order valence-corrected chi connectivity index (χ3v) is 5.02. The van der Waals surface area contributed by atoms with Gasteiger partial charge in [-0.3, -0.25) is 9.48 Å². The number of aliphatic hydroxyl groups is 1. The van der Waals surface area contributed by atoms with E-state index in [0.717, 1.165) is 41.8 Å². The minimum atomic E-state index is -0.547. The van der Waals surface area contributed by atoms with Crippen LogP contribution in [0.3, 0.4) is 0 Å². The lowest BCUT2D eigenvalue weighted by Gasteiger charge is -2.19. The highest BCUT2D eigenvalue weighted by molar-refractivity contribution is 5.94. The van der Waals surface area contributed by atoms with Crippen molar-refractivity contribution in [1.82, 2.24) is 19.7 Å². The van der Waals surface area contributed by atoms with Crippen LogP contribution in [0, 0.1) is 0 Å². The maximum Gasteiger partial charge on any atom is 0.269 e. The van der Waals surface area contributed by atoms with Gasteiger partial charge in [-0.1, -0.05) is 12.8 Å². The Hall–Kier alpha value is -2.48. The number of aryl methyl sites for hydroxylation is 1. The van der Waals surface area contributed by atoms with Gasteiger partial charge in [0, 0.05) is 17.8 Å². The van der Waals surface area contributed by atoms with Crippen LogP contribution in [0.25, 0.3) is 11.4 Å². The van der Waals surface area contributed by atoms with Crippen LogP contribution in [0.5, 0.6) is 0 Å². The first-order valence-electron chi connectivity index (χ1n) is 8.80. The molecule has 0 saturated heterocycles. The molecule has 2 aromatic heterocycles. The molecule has 1 amide bonds. The summed E-state index contributed by atoms with van der Waals surface area (Å²) in [5.74, 6) is 0.0608. The molecular weight excluding hydrogens is 320 g/mol. The van der Waals surface area contributed by atoms with Crippen LogP contribution in [-0.2, 0) is 19.4 Å². The SMILES string of the molecule is NC(=O)c1nn(CCO)c2c1CCc1cnc(NC3CCCC3)nc1-2. The first-order chi connectivity index (χ1) is 12.2. The average molecular weight is 342 g/mol. The molecule has 0 unspecified atom stereocenters. The van der Waals surface area contributed by atoms with Crippen LogP contribution in [0.4, 0.5) is 5.95 Å². The summed E-state index contributed by atoms with van der Waals surface area (Å²) in [7, 11) is 0. The second-order valence-electron chi connectivity index (χ2n) is 6.68. The number of nitrogens with one attached hydrogen (secondary N) is 1. The fourth-order valence-electron chi connectivity index (χ4n) is 3.83. The van der Waals surface area contributed by atoms with E-state index in [2.05, 4.69) is 15.4 Å². The fourth-order valence-corrected chi connectivity index (χ4v) is 3.83. The predicted octanol–water partition coefficient (Wildman–Crippen LogP) is 0.884. The van der Waals surface area contributed by atoms with Gasteiger partial charge in [0.2, 0.25) is 5.95 Å². The molecule has 0 radical (unpaired) electrons. The Morgan fingerprint density at radius 2 is 2.16 bits per heavy atom. The molecule has 2 aromatic rings. The van der Waals surface area contributed by atoms with Crippen LogP contribution < -0.4 is 11.1 Å². The second-order valence-corrected chi connectivity index (χ2v) is 6.68. The summed E-state index contributed by atoms with van der Waals surface area (Å²) in [5.41, 5.74) is 9.17. The van der Waals surface area contributed by atoms with E-state index in [0.29, 0.717) is 25.0 Å². The summed E-state index contributed by atoms with van der Waals surface area (Å²) in [6, 6.07) is 0.421. The molecule has 25 heavy (non-hydrogen) atoms. The highest BCUT2D eigenvalue weighted by Crippen LogP contribution is 2.34. The maximum absolute atomic E-state index is 11.7. The summed E-state index contributed by atoms with van der Waals surface area (Å²) in [5, 5.41) is 17.1. The molecule has 8 nitrogen and oxygen atoms in total. The Morgan fingerprint density at radius 3 is 2.88 bits per heavy atom. The number of primary amides is 1. The largest absolute Gasteiger partial charge is 0.394 e. The van der Waals surface area contributed by atoms with Crippen molar-refractivity contribution in [2.24, 2.45) is 5.73 Å². The smallest absolute Gasteiger partial charge is 0.269 e. The number of aliphatic hydroxyl groups excluding tert-OH is 1. The Balaban J connectivity index is 1.77. The Labute approximate surface area is 145 Å². The Kier molecular flexibility index (Phi) is 4.12. The normalized spacial score (nSPS) is 16.5. The van der Waals surface area contributed by atoms with Gasteiger partial charge in [0.25, 0.3) is 5.91 Å². The third kappa shape index (κ3) is 2.86. The Morgan fingerprint density at radius 1 is 1.36 bits per heavy atom. The predicted molar refractivity (Wildman–Crippen MR) is 92.1 cm³/mol. The molecule has 8 heteroatoms. The van der Waals surface area contributed by atoms with Gasteiger partial charge >= 0.3 is 0 Å². The fraction of sp³-hybridized carbons (Fsp3) is 0.529. The van der Waals surface area contributed by atoms with E-state index in [4.69, 9.17) is 10.7 Å². The van der Waals surface area contributed by atoms with E-state index in [9.17, 15) is 9.90 Å². The molecule has 4 rings (SSSR count). The molecule has 1 fully saturated rings. The third-order valence-electron chi connectivity index (χ3n) is 5.02. The first-order valence-corrected chi connectivity index (χ1v) is 8.80. The zero-order chi connectivity index (χ0) is 17.4. The number of rotatable bonds is 5. The van der Waals surface area contributed by atoms with Crippen LogP contribution in [0.15, 0.2) is 6.20 Å². The van der Waals surface area contributed by atoms with Gasteiger partial charge in [0.1, 0.15) is 0 Å². The van der Waals surface area contributed by atoms with Gasteiger partial charge in [-0.2, -0.15) is 5.10 Å². The first kappa shape index (κ1) is 16.0. The Bertz CT molecular complexity index is 810. The number of anilines is 1. The second kappa shape index (κ2) is 6.44. The lowest BCUT2D eigenvalue weighted by molar-refractivity contribution is 0.0993. The summed E-state index contributed by atoms with van der Waals surface area (Å²) in [6.45, 7) is 0.227. The van der Waals surface area contributed by atoms with Crippen molar-refractivity contribution in [1.29, 1.82) is 0 Å². The van der Waals surface area contributed by atoms with E-state index in [1.807, 2.05) is 6.20 Å². The van der Waals surface area contributed by atoms with Crippen LogP contribution in [-0.4, -0.2) is 43.4 Å². The summed E-state index contributed by atoms with van der Waals surface area (Å²) >= 11 is 0. The summed E-state index contributed by atoms with van der Waals surface area (Å²) in [6.07, 6.45) is 8.01. The minimum absolute atomic E-state index is 0.0695. The van der Waals surface area contributed by atoms with Crippen molar-refractivity contribution < 1.29 is 9.90 Å². The average Bonchev–Trinajstić information content (AvgIpc) is 3.23. The number of hydrogen-bond donors (Lipinski definition) is 3. The van der Waals surface area contributed by atoms with Crippen LogP contribution >= 0.6 is 0 Å². The van der Waals surface area contributed by atoms with Crippen molar-refractivity contribution in [2.75, 3.05) is 11.9 Å². The van der Waals surface area contributed by atoms with Crippen molar-refractivity contribution in [3.05, 3.63) is 23.0 Å². The quantitative estimate of drug-likeness (QED) is 0.742. The number of aromatic nitrogens is 4. The molecular formula is C17H22N6O2. The van der Waals surface area contributed by atoms with Crippen molar-refractivity contribution >= 4 is 11.9 Å². The van der Waals surface area contributed by atoms with Gasteiger partial charge in [-0.25, -0.2) is 9.97 Å². The van der Waals surface area contributed by atoms with Gasteiger partial charge < -0.3 is 16.2 Å². The molecule has 4 N–H and O–H groups in total. The number of amides is 1. The van der Waals surface area contributed by atoms with Gasteiger partial charge in [0.05, 0.1) is 24.5 Å². The molecule has 132 valence electrons. The van der Waals surface area contributed by atoms with Crippen LogP contribution in [0.1, 0.15) is 47.3 Å². The van der Waals surface area contributed by atoms with E-state index in [1.165, 1.54) is 12.8 Å². The zero-order valence-electron chi connectivity index (χ0n) is 14.0. The lowest BCUT2D eigenvalue weighted by Crippen LogP contribution is -2.19. The summed E-state index contributed by atoms with van der Waals surface area (Å²) < 4.78 is 1.64. The van der Waals surface area contributed by atoms with Crippen LogP contribution in [0.2, 0.25) is 0 Å². The molecule has 2 aliphatic rings. The topological polar surface area (TPSA) is 119 Å². The van der Waals surface area contributed by atoms with Gasteiger partial charge in [-0.15, -0.1) is 0 Å². The highest BCUT2D eigenvalue weighted by atomic mass is 16.3. The van der Waals surface area contributed by atoms with E-state index >= 15 is 0 Å². The molecule has 0 bridgehead atoms. The van der Waals surface area contributed by atoms with Crippen molar-refractivity contribution in [2.45, 2.75) is 51.1 Å². The lowest BCUT2D eigenvalue weighted by atomic mass is 9.93. The standard InChI is InChI=1S/C17H22N6O2/c18-16(25)14-12-6-5-10-9-19-17(20-11-3-1-2-4-11)21-13(10)15(12)23(22-14)7-8-24/h9,11,24H,1-8H2,(H2,18,25)(H,19,20,21). The molecule has 2 aliphatic carbocycles. The molecule has 0 aliphatic heterocycles. The molecule has 2 heterocycles. The number of fused-ring (bicyclic) bond motifs is 3. The van der Waals surface area contributed by atoms with Crippen molar-refractivity contribution in [3.8, 4) is 11.4 Å². The maximum atomic E-state index is 11.7. The molecule has 1 saturated carbocycles. The van der Waals surface area contributed by atoms with E-state index < -0.39 is 5.91 Å². The van der Waals surface area contributed by atoms with Gasteiger partial charge in [0.15, 0.2) is 5.69 Å². The number of nitrogens with zero attached hydrogens (tertiary/aromatic N) is 4. The number of carbonyl (C=O) groups excluding carboxylic acids is 1. The van der Waals surface area contributed by atoms with Gasteiger partial charge in [-0.05, 0) is 31.2 Å². The summed E-state index contributed by atoms with van der Waals surface area (Å²) in [4.78, 5) is 20.9. The van der Waals surface area contributed by atoms with E-state index in [-0.39, 0.29) is 12.3 Å². The molecule has 0 atom stereocenters. The molecule has 0 spiro atoms. The number of hydrogen-bond acceptors (Lipinski definition) is 6. The molecule has 0 aromatic carbocycles. The zero-order valence-corrected chi connectivity index (χ0v) is 14.0. The minimum Gasteiger partial charge on any atom is -0.394 e. The number of nitrogens with two attached hydrogens (primary N) is 1.